The van der Waals surface area contributed by atoms with Crippen LogP contribution in [0.2, 0.25) is 0 Å². The smallest absolute Gasteiger partial charge is 0.157 e. The fraction of sp³-hybridized carbons (Fsp3) is 0.824. The predicted octanol–water partition coefficient (Wildman–Crippen LogP) is 10.4. The van der Waals surface area contributed by atoms with E-state index in [9.17, 15) is 0 Å². The van der Waals surface area contributed by atoms with Gasteiger partial charge in [0.2, 0.25) is 0 Å². The Kier molecular flexibility index (Phi) is 21.5. The summed E-state index contributed by atoms with van der Waals surface area (Å²) in [6.07, 6.45) is 28.7. The van der Waals surface area contributed by atoms with E-state index in [4.69, 9.17) is 18.9 Å². The number of unbranched alkanes of at least 4 members (excludes halogenated alkanes) is 17. The highest BCUT2D eigenvalue weighted by molar-refractivity contribution is 5.31. The molecule has 0 spiro atoms. The van der Waals surface area contributed by atoms with Crippen molar-refractivity contribution in [3.63, 3.8) is 0 Å². The molecule has 0 saturated carbocycles. The van der Waals surface area contributed by atoms with Crippen molar-refractivity contribution < 1.29 is 18.9 Å². The van der Waals surface area contributed by atoms with Gasteiger partial charge in [-0.3, -0.25) is 0 Å². The van der Waals surface area contributed by atoms with E-state index < -0.39 is 0 Å². The maximum atomic E-state index is 5.92. The molecule has 1 aromatic carbocycles. The van der Waals surface area contributed by atoms with Gasteiger partial charge < -0.3 is 18.9 Å². The second-order valence-electron chi connectivity index (χ2n) is 11.2. The van der Waals surface area contributed by atoms with Crippen LogP contribution in [0.15, 0.2) is 24.3 Å². The summed E-state index contributed by atoms with van der Waals surface area (Å²) in [5.41, 5.74) is 0. The van der Waals surface area contributed by atoms with Gasteiger partial charge in [0.1, 0.15) is 11.5 Å². The van der Waals surface area contributed by atoms with Gasteiger partial charge in [0.25, 0.3) is 0 Å². The predicted molar refractivity (Wildman–Crippen MR) is 160 cm³/mol. The van der Waals surface area contributed by atoms with Crippen LogP contribution < -0.4 is 9.47 Å². The van der Waals surface area contributed by atoms with Crippen LogP contribution in [0.3, 0.4) is 0 Å². The van der Waals surface area contributed by atoms with Crippen LogP contribution >= 0.6 is 0 Å². The Balaban J connectivity index is 1.30. The molecule has 38 heavy (non-hydrogen) atoms. The van der Waals surface area contributed by atoms with Gasteiger partial charge in [0.05, 0.1) is 13.2 Å². The second kappa shape index (κ2) is 24.8. The van der Waals surface area contributed by atoms with Crippen LogP contribution in [0.5, 0.6) is 11.5 Å². The van der Waals surface area contributed by atoms with Crippen molar-refractivity contribution in [3.8, 4) is 11.5 Å². The number of ether oxygens (including phenoxy) is 4. The van der Waals surface area contributed by atoms with Crippen LogP contribution in [0.25, 0.3) is 0 Å². The third kappa shape index (κ3) is 18.9. The van der Waals surface area contributed by atoms with Crippen molar-refractivity contribution in [2.24, 2.45) is 0 Å². The first-order valence-electron chi connectivity index (χ1n) is 16.5. The summed E-state index contributed by atoms with van der Waals surface area (Å²) in [5.74, 6) is 1.91. The molecule has 0 bridgehead atoms. The lowest BCUT2D eigenvalue weighted by Crippen LogP contribution is -2.22. The number of benzene rings is 1. The lowest BCUT2D eigenvalue weighted by Gasteiger charge is -2.22. The van der Waals surface area contributed by atoms with Crippen molar-refractivity contribution in [2.75, 3.05) is 26.4 Å². The van der Waals surface area contributed by atoms with E-state index in [2.05, 4.69) is 6.92 Å². The molecule has 1 aliphatic heterocycles. The fourth-order valence-corrected chi connectivity index (χ4v) is 5.10. The molecule has 2 rings (SSSR count). The molecule has 1 unspecified atom stereocenters. The molecular formula is C34H60O4. The van der Waals surface area contributed by atoms with Gasteiger partial charge in [-0.05, 0) is 62.8 Å². The molecule has 0 N–H and O–H groups in total. The molecule has 1 aromatic rings. The van der Waals surface area contributed by atoms with Gasteiger partial charge in [-0.15, -0.1) is 0 Å². The van der Waals surface area contributed by atoms with Gasteiger partial charge >= 0.3 is 0 Å². The Morgan fingerprint density at radius 2 is 0.974 bits per heavy atom. The molecule has 0 radical (unpaired) electrons. The largest absolute Gasteiger partial charge is 0.494 e. The van der Waals surface area contributed by atoms with Crippen molar-refractivity contribution in [1.29, 1.82) is 0 Å². The van der Waals surface area contributed by atoms with E-state index in [0.717, 1.165) is 57.2 Å². The van der Waals surface area contributed by atoms with E-state index in [1.165, 1.54) is 122 Å². The monoisotopic (exact) mass is 532 g/mol. The number of hydrogen-bond donors (Lipinski definition) is 0. The van der Waals surface area contributed by atoms with E-state index >= 15 is 0 Å². The Bertz CT molecular complexity index is 611. The average molecular weight is 533 g/mol. The topological polar surface area (TPSA) is 36.9 Å². The molecule has 0 amide bonds. The Hall–Kier alpha value is -1.26. The highest BCUT2D eigenvalue weighted by atomic mass is 16.7. The average Bonchev–Trinajstić information content (AvgIpc) is 2.95. The first-order chi connectivity index (χ1) is 18.9. The minimum absolute atomic E-state index is 0.0742. The van der Waals surface area contributed by atoms with E-state index in [-0.39, 0.29) is 6.29 Å². The summed E-state index contributed by atoms with van der Waals surface area (Å²) >= 11 is 0. The minimum atomic E-state index is 0.0742. The maximum Gasteiger partial charge on any atom is 0.157 e. The third-order valence-corrected chi connectivity index (χ3v) is 7.59. The molecule has 0 aromatic heterocycles. The lowest BCUT2D eigenvalue weighted by atomic mass is 10.1. The molecule has 1 fully saturated rings. The summed E-state index contributed by atoms with van der Waals surface area (Å²) in [4.78, 5) is 0. The zero-order chi connectivity index (χ0) is 26.8. The third-order valence-electron chi connectivity index (χ3n) is 7.59. The Morgan fingerprint density at radius 1 is 0.553 bits per heavy atom. The first-order valence-corrected chi connectivity index (χ1v) is 16.5. The first kappa shape index (κ1) is 32.9. The molecule has 1 saturated heterocycles. The molecule has 4 heteroatoms. The van der Waals surface area contributed by atoms with E-state index in [1.54, 1.807) is 0 Å². The van der Waals surface area contributed by atoms with Crippen LogP contribution in [-0.4, -0.2) is 32.7 Å². The molecule has 4 nitrogen and oxygen atoms in total. The van der Waals surface area contributed by atoms with Crippen molar-refractivity contribution in [3.05, 3.63) is 24.3 Å². The fourth-order valence-electron chi connectivity index (χ4n) is 5.10. The van der Waals surface area contributed by atoms with Crippen molar-refractivity contribution in [2.45, 2.75) is 154 Å². The van der Waals surface area contributed by atoms with Gasteiger partial charge in [-0.25, -0.2) is 0 Å². The minimum Gasteiger partial charge on any atom is -0.494 e. The van der Waals surface area contributed by atoms with Gasteiger partial charge in [-0.1, -0.05) is 110 Å². The molecular weight excluding hydrogens is 472 g/mol. The summed E-state index contributed by atoms with van der Waals surface area (Å²) in [6.45, 7) is 5.65. The molecule has 1 heterocycles. The van der Waals surface area contributed by atoms with Crippen LogP contribution in [0.1, 0.15) is 148 Å². The highest BCUT2D eigenvalue weighted by Gasteiger charge is 2.13. The summed E-state index contributed by atoms with van der Waals surface area (Å²) in [5, 5.41) is 0. The molecule has 1 atom stereocenters. The van der Waals surface area contributed by atoms with Crippen molar-refractivity contribution >= 4 is 0 Å². The van der Waals surface area contributed by atoms with Crippen LogP contribution in [0, 0.1) is 0 Å². The zero-order valence-electron chi connectivity index (χ0n) is 24.9. The Labute approximate surface area is 235 Å². The maximum absolute atomic E-state index is 5.92. The van der Waals surface area contributed by atoms with Gasteiger partial charge in [0.15, 0.2) is 6.29 Å². The highest BCUT2D eigenvalue weighted by Crippen LogP contribution is 2.19. The van der Waals surface area contributed by atoms with Crippen LogP contribution in [-0.2, 0) is 9.47 Å². The quantitative estimate of drug-likeness (QED) is 0.111. The van der Waals surface area contributed by atoms with Crippen molar-refractivity contribution in [1.82, 2.24) is 0 Å². The summed E-state index contributed by atoms with van der Waals surface area (Å²) in [6, 6.07) is 8.17. The Morgan fingerprint density at radius 3 is 1.39 bits per heavy atom. The SMILES string of the molecule is CCCCCCCCCCCCOc1ccc(OCCCCCCCCCCCOC2CCCCO2)cc1. The van der Waals surface area contributed by atoms with Gasteiger partial charge in [-0.2, -0.15) is 0 Å². The normalized spacial score (nSPS) is 15.6. The number of rotatable bonds is 26. The lowest BCUT2D eigenvalue weighted by molar-refractivity contribution is -0.162. The number of hydrogen-bond acceptors (Lipinski definition) is 4. The molecule has 220 valence electrons. The van der Waals surface area contributed by atoms with E-state index in [0.29, 0.717) is 0 Å². The zero-order valence-corrected chi connectivity index (χ0v) is 24.9. The second-order valence-corrected chi connectivity index (χ2v) is 11.2. The molecule has 1 aliphatic rings. The molecule has 0 aliphatic carbocycles. The standard InChI is InChI=1S/C34H60O4/c1-2-3-4-5-6-7-9-12-15-19-28-35-32-24-26-33(27-25-32)36-29-20-16-13-10-8-11-14-17-21-30-37-34-23-18-22-31-38-34/h24-27,34H,2-23,28-31H2,1H3. The summed E-state index contributed by atoms with van der Waals surface area (Å²) in [7, 11) is 0. The summed E-state index contributed by atoms with van der Waals surface area (Å²) < 4.78 is 23.2. The van der Waals surface area contributed by atoms with E-state index in [1.807, 2.05) is 24.3 Å². The van der Waals surface area contributed by atoms with Gasteiger partial charge in [0, 0.05) is 13.2 Å². The van der Waals surface area contributed by atoms with Crippen LogP contribution in [0.4, 0.5) is 0 Å².